The first-order valence-corrected chi connectivity index (χ1v) is 8.26. The average molecular weight is 322 g/mol. The van der Waals surface area contributed by atoms with Crippen molar-refractivity contribution in [3.05, 3.63) is 71.7 Å². The van der Waals surface area contributed by atoms with Crippen LogP contribution < -0.4 is 5.32 Å². The molecule has 2 heterocycles. The summed E-state index contributed by atoms with van der Waals surface area (Å²) in [7, 11) is 0. The number of aryl methyl sites for hydroxylation is 1. The maximum Gasteiger partial charge on any atom is 0.123 e. The van der Waals surface area contributed by atoms with Gasteiger partial charge in [0.1, 0.15) is 11.6 Å². The van der Waals surface area contributed by atoms with Crippen molar-refractivity contribution in [2.24, 2.45) is 0 Å². The Morgan fingerprint density at radius 2 is 2.17 bits per heavy atom. The first-order chi connectivity index (χ1) is 11.8. The van der Waals surface area contributed by atoms with Crippen molar-refractivity contribution in [3.63, 3.8) is 0 Å². The number of hydrogen-bond donors (Lipinski definition) is 2. The molecule has 2 N–H and O–H groups in total. The van der Waals surface area contributed by atoms with Crippen molar-refractivity contribution in [1.29, 1.82) is 0 Å². The minimum absolute atomic E-state index is 0.244. The van der Waals surface area contributed by atoms with Crippen LogP contribution in [0.5, 0.6) is 0 Å². The molecule has 4 rings (SSSR count). The Morgan fingerprint density at radius 3 is 3.08 bits per heavy atom. The number of benzene rings is 1. The number of nitrogens with zero attached hydrogens (tertiary/aromatic N) is 2. The van der Waals surface area contributed by atoms with Crippen LogP contribution in [0, 0.1) is 5.82 Å². The van der Waals surface area contributed by atoms with Crippen LogP contribution in [0.4, 0.5) is 4.39 Å². The van der Waals surface area contributed by atoms with Crippen molar-refractivity contribution < 1.29 is 4.39 Å². The van der Waals surface area contributed by atoms with Crippen molar-refractivity contribution in [3.8, 4) is 11.3 Å². The Balaban J connectivity index is 1.46. The Bertz CT molecular complexity index is 843. The Kier molecular flexibility index (Phi) is 4.09. The van der Waals surface area contributed by atoms with E-state index in [1.165, 1.54) is 24.1 Å². The summed E-state index contributed by atoms with van der Waals surface area (Å²) in [6.45, 7) is 0.635. The van der Waals surface area contributed by atoms with Crippen LogP contribution in [-0.2, 0) is 13.0 Å². The van der Waals surface area contributed by atoms with Crippen molar-refractivity contribution in [2.75, 3.05) is 0 Å². The van der Waals surface area contributed by atoms with E-state index >= 15 is 0 Å². The van der Waals surface area contributed by atoms with E-state index in [4.69, 9.17) is 0 Å². The lowest BCUT2D eigenvalue weighted by molar-refractivity contribution is 0.443. The van der Waals surface area contributed by atoms with E-state index in [9.17, 15) is 4.39 Å². The van der Waals surface area contributed by atoms with E-state index in [0.29, 0.717) is 6.54 Å². The Labute approximate surface area is 140 Å². The Hall–Kier alpha value is -2.53. The van der Waals surface area contributed by atoms with Gasteiger partial charge >= 0.3 is 0 Å². The molecule has 3 aromatic rings. The van der Waals surface area contributed by atoms with E-state index in [-0.39, 0.29) is 11.9 Å². The van der Waals surface area contributed by atoms with Gasteiger partial charge < -0.3 is 10.3 Å². The van der Waals surface area contributed by atoms with Gasteiger partial charge in [0.05, 0.1) is 30.2 Å². The lowest BCUT2D eigenvalue weighted by atomic mass is 9.92. The molecule has 2 aromatic heterocycles. The molecule has 4 nitrogen and oxygen atoms in total. The predicted molar refractivity (Wildman–Crippen MR) is 90.7 cm³/mol. The van der Waals surface area contributed by atoms with E-state index in [1.54, 1.807) is 12.3 Å². The third kappa shape index (κ3) is 3.08. The number of hydrogen-bond acceptors (Lipinski definition) is 3. The first kappa shape index (κ1) is 15.0. The summed E-state index contributed by atoms with van der Waals surface area (Å²) in [4.78, 5) is 12.2. The number of H-pyrrole nitrogens is 1. The molecule has 0 amide bonds. The molecule has 5 heteroatoms. The highest BCUT2D eigenvalue weighted by Crippen LogP contribution is 2.28. The smallest absolute Gasteiger partial charge is 0.123 e. The highest BCUT2D eigenvalue weighted by Gasteiger charge is 2.20. The van der Waals surface area contributed by atoms with E-state index in [2.05, 4.69) is 26.3 Å². The molecule has 122 valence electrons. The number of nitrogens with one attached hydrogen (secondary N) is 2. The molecular formula is C19H19FN4. The fourth-order valence-corrected chi connectivity index (χ4v) is 3.28. The fraction of sp³-hybridized carbons (Fsp3) is 0.263. The van der Waals surface area contributed by atoms with Crippen molar-refractivity contribution >= 4 is 0 Å². The van der Waals surface area contributed by atoms with Gasteiger partial charge in [0.2, 0.25) is 0 Å². The maximum absolute atomic E-state index is 13.3. The predicted octanol–water partition coefficient (Wildman–Crippen LogP) is 3.78. The van der Waals surface area contributed by atoms with E-state index < -0.39 is 0 Å². The fourth-order valence-electron chi connectivity index (χ4n) is 3.28. The zero-order valence-electron chi connectivity index (χ0n) is 13.3. The number of rotatable bonds is 4. The van der Waals surface area contributed by atoms with Gasteiger partial charge in [-0.25, -0.2) is 9.37 Å². The van der Waals surface area contributed by atoms with Gasteiger partial charge in [-0.15, -0.1) is 0 Å². The SMILES string of the molecule is Fc1cccc(-c2cnc(CNC3CCCc4cccnc43)[nH]2)c1. The summed E-state index contributed by atoms with van der Waals surface area (Å²) in [6.07, 6.45) is 6.96. The van der Waals surface area contributed by atoms with Gasteiger partial charge in [-0.3, -0.25) is 4.98 Å². The number of aromatic nitrogens is 3. The normalized spacial score (nSPS) is 16.8. The third-order valence-corrected chi connectivity index (χ3v) is 4.48. The minimum atomic E-state index is -0.244. The lowest BCUT2D eigenvalue weighted by Crippen LogP contribution is -2.26. The van der Waals surface area contributed by atoms with Gasteiger partial charge in [0.25, 0.3) is 0 Å². The topological polar surface area (TPSA) is 53.6 Å². The molecule has 0 bridgehead atoms. The summed E-state index contributed by atoms with van der Waals surface area (Å²) in [5, 5.41) is 3.54. The maximum atomic E-state index is 13.3. The third-order valence-electron chi connectivity index (χ3n) is 4.48. The summed E-state index contributed by atoms with van der Waals surface area (Å²) in [5.74, 6) is 0.601. The molecule has 1 aliphatic rings. The van der Waals surface area contributed by atoms with Gasteiger partial charge in [-0.2, -0.15) is 0 Å². The van der Waals surface area contributed by atoms with Crippen molar-refractivity contribution in [1.82, 2.24) is 20.3 Å². The monoisotopic (exact) mass is 322 g/mol. The highest BCUT2D eigenvalue weighted by molar-refractivity contribution is 5.58. The quantitative estimate of drug-likeness (QED) is 0.768. The second-order valence-electron chi connectivity index (χ2n) is 6.13. The molecule has 1 unspecified atom stereocenters. The van der Waals surface area contributed by atoms with Crippen LogP contribution in [-0.4, -0.2) is 15.0 Å². The van der Waals surface area contributed by atoms with Crippen LogP contribution >= 0.6 is 0 Å². The van der Waals surface area contributed by atoms with Crippen LogP contribution in [0.2, 0.25) is 0 Å². The zero-order valence-corrected chi connectivity index (χ0v) is 13.3. The molecule has 1 aromatic carbocycles. The molecule has 0 spiro atoms. The average Bonchev–Trinajstić information content (AvgIpc) is 3.09. The highest BCUT2D eigenvalue weighted by atomic mass is 19.1. The summed E-state index contributed by atoms with van der Waals surface area (Å²) >= 11 is 0. The minimum Gasteiger partial charge on any atom is -0.341 e. The van der Waals surface area contributed by atoms with Gasteiger partial charge in [0.15, 0.2) is 0 Å². The lowest BCUT2D eigenvalue weighted by Gasteiger charge is -2.24. The Morgan fingerprint density at radius 1 is 1.21 bits per heavy atom. The van der Waals surface area contributed by atoms with E-state index in [1.807, 2.05) is 18.3 Å². The molecule has 0 saturated heterocycles. The first-order valence-electron chi connectivity index (χ1n) is 8.26. The van der Waals surface area contributed by atoms with Gasteiger partial charge in [-0.1, -0.05) is 18.2 Å². The van der Waals surface area contributed by atoms with Crippen molar-refractivity contribution in [2.45, 2.75) is 31.8 Å². The van der Waals surface area contributed by atoms with Gasteiger partial charge in [0, 0.05) is 11.8 Å². The second-order valence-corrected chi connectivity index (χ2v) is 6.13. The summed E-state index contributed by atoms with van der Waals surface area (Å²) in [5.41, 5.74) is 4.12. The van der Waals surface area contributed by atoms with E-state index in [0.717, 1.165) is 35.6 Å². The molecule has 24 heavy (non-hydrogen) atoms. The van der Waals surface area contributed by atoms with Crippen LogP contribution in [0.1, 0.15) is 36.0 Å². The molecule has 0 saturated carbocycles. The number of fused-ring (bicyclic) bond motifs is 1. The number of halogens is 1. The summed E-state index contributed by atoms with van der Waals surface area (Å²) < 4.78 is 13.3. The standard InChI is InChI=1S/C19H19FN4/c20-15-7-1-5-14(10-15)17-11-23-18(24-17)12-22-16-8-2-4-13-6-3-9-21-19(13)16/h1,3,5-7,9-11,16,22H,2,4,8,12H2,(H,23,24). The molecule has 0 radical (unpaired) electrons. The van der Waals surface area contributed by atoms with Crippen LogP contribution in [0.15, 0.2) is 48.8 Å². The molecule has 1 aliphatic carbocycles. The largest absolute Gasteiger partial charge is 0.341 e. The molecule has 1 atom stereocenters. The van der Waals surface area contributed by atoms with Crippen LogP contribution in [0.3, 0.4) is 0 Å². The number of aromatic amines is 1. The van der Waals surface area contributed by atoms with Gasteiger partial charge in [-0.05, 0) is 43.0 Å². The summed E-state index contributed by atoms with van der Waals surface area (Å²) in [6, 6.07) is 10.9. The molecule has 0 fully saturated rings. The second kappa shape index (κ2) is 6.53. The van der Waals surface area contributed by atoms with Crippen LogP contribution in [0.25, 0.3) is 11.3 Å². The zero-order chi connectivity index (χ0) is 16.4. The number of pyridine rings is 1. The molecule has 0 aliphatic heterocycles. The number of imidazole rings is 1. The molecular weight excluding hydrogens is 303 g/mol.